The fraction of sp³-hybridized carbons (Fsp3) is 0.278. The molecule has 120 valence electrons. The van der Waals surface area contributed by atoms with E-state index in [-0.39, 0.29) is 0 Å². The Bertz CT molecular complexity index is 762. The van der Waals surface area contributed by atoms with Crippen LogP contribution in [0.2, 0.25) is 0 Å². The van der Waals surface area contributed by atoms with Crippen molar-refractivity contribution in [2.24, 2.45) is 5.73 Å². The molecule has 1 aromatic heterocycles. The van der Waals surface area contributed by atoms with Gasteiger partial charge in [-0.05, 0) is 31.2 Å². The van der Waals surface area contributed by atoms with Gasteiger partial charge in [0.05, 0.1) is 18.8 Å². The molecule has 0 atom stereocenters. The summed E-state index contributed by atoms with van der Waals surface area (Å²) in [6.07, 6.45) is 2.66. The van der Waals surface area contributed by atoms with Crippen molar-refractivity contribution in [3.05, 3.63) is 48.2 Å². The van der Waals surface area contributed by atoms with Crippen LogP contribution in [-0.2, 0) is 6.54 Å². The SMILES string of the molecule is C=CCn1c(-c2ccc3c(c2)OCCCO3)cc(C(N)=O)c1C. The molecule has 2 heterocycles. The summed E-state index contributed by atoms with van der Waals surface area (Å²) >= 11 is 0. The molecule has 5 nitrogen and oxygen atoms in total. The van der Waals surface area contributed by atoms with Crippen molar-refractivity contribution in [1.82, 2.24) is 4.57 Å². The maximum absolute atomic E-state index is 11.6. The van der Waals surface area contributed by atoms with Crippen LogP contribution in [0.3, 0.4) is 0 Å². The Morgan fingerprint density at radius 2 is 2.04 bits per heavy atom. The second kappa shape index (κ2) is 6.20. The molecular formula is C18H20N2O3. The number of benzene rings is 1. The molecule has 23 heavy (non-hydrogen) atoms. The average molecular weight is 312 g/mol. The van der Waals surface area contributed by atoms with Gasteiger partial charge in [-0.25, -0.2) is 0 Å². The van der Waals surface area contributed by atoms with Crippen LogP contribution in [0.15, 0.2) is 36.9 Å². The van der Waals surface area contributed by atoms with Crippen molar-refractivity contribution in [3.63, 3.8) is 0 Å². The number of fused-ring (bicyclic) bond motifs is 1. The number of primary amides is 1. The summed E-state index contributed by atoms with van der Waals surface area (Å²) in [5, 5.41) is 0. The molecule has 1 amide bonds. The summed E-state index contributed by atoms with van der Waals surface area (Å²) in [6, 6.07) is 7.63. The van der Waals surface area contributed by atoms with Crippen LogP contribution in [0.1, 0.15) is 22.5 Å². The number of allylic oxidation sites excluding steroid dienone is 1. The van der Waals surface area contributed by atoms with E-state index in [9.17, 15) is 4.79 Å². The quantitative estimate of drug-likeness (QED) is 0.883. The molecule has 0 saturated carbocycles. The fourth-order valence-corrected chi connectivity index (χ4v) is 2.82. The normalized spacial score (nSPS) is 13.4. The molecule has 0 fully saturated rings. The molecule has 5 heteroatoms. The summed E-state index contributed by atoms with van der Waals surface area (Å²) in [7, 11) is 0. The molecule has 1 aromatic carbocycles. The van der Waals surface area contributed by atoms with Crippen molar-refractivity contribution in [3.8, 4) is 22.8 Å². The van der Waals surface area contributed by atoms with Crippen LogP contribution in [0.25, 0.3) is 11.3 Å². The molecule has 1 aliphatic heterocycles. The number of carbonyl (C=O) groups is 1. The number of nitrogens with zero attached hydrogens (tertiary/aromatic N) is 1. The molecular weight excluding hydrogens is 292 g/mol. The second-order valence-corrected chi connectivity index (χ2v) is 5.50. The van der Waals surface area contributed by atoms with E-state index in [1.807, 2.05) is 35.8 Å². The number of nitrogens with two attached hydrogens (primary N) is 1. The third kappa shape index (κ3) is 2.82. The number of ether oxygens (including phenoxy) is 2. The predicted molar refractivity (Wildman–Crippen MR) is 88.9 cm³/mol. The van der Waals surface area contributed by atoms with Gasteiger partial charge < -0.3 is 19.8 Å². The van der Waals surface area contributed by atoms with Crippen molar-refractivity contribution < 1.29 is 14.3 Å². The van der Waals surface area contributed by atoms with E-state index in [4.69, 9.17) is 15.2 Å². The standard InChI is InChI=1S/C18H20N2O3/c1-3-7-20-12(2)14(18(19)21)11-15(20)13-5-6-16-17(10-13)23-9-4-8-22-16/h3,5-6,10-11H,1,4,7-9H2,2H3,(H2,19,21). The number of rotatable bonds is 4. The summed E-state index contributed by atoms with van der Waals surface area (Å²) in [6.45, 7) is 7.56. The summed E-state index contributed by atoms with van der Waals surface area (Å²) in [5.41, 5.74) is 8.69. The molecule has 0 bridgehead atoms. The minimum Gasteiger partial charge on any atom is -0.490 e. The van der Waals surface area contributed by atoms with Crippen molar-refractivity contribution in [2.75, 3.05) is 13.2 Å². The molecule has 3 rings (SSSR count). The Kier molecular flexibility index (Phi) is 4.10. The molecule has 0 radical (unpaired) electrons. The lowest BCUT2D eigenvalue weighted by Gasteiger charge is -2.12. The highest BCUT2D eigenvalue weighted by molar-refractivity contribution is 5.95. The first-order valence-electron chi connectivity index (χ1n) is 7.62. The first kappa shape index (κ1) is 15.2. The van der Waals surface area contributed by atoms with E-state index in [1.165, 1.54) is 0 Å². The number of hydrogen-bond acceptors (Lipinski definition) is 3. The Morgan fingerprint density at radius 3 is 2.74 bits per heavy atom. The Morgan fingerprint density at radius 1 is 1.30 bits per heavy atom. The van der Waals surface area contributed by atoms with Gasteiger partial charge in [0.2, 0.25) is 0 Å². The minimum absolute atomic E-state index is 0.430. The highest BCUT2D eigenvalue weighted by Crippen LogP contribution is 2.35. The first-order chi connectivity index (χ1) is 11.1. The Labute approximate surface area is 135 Å². The van der Waals surface area contributed by atoms with Gasteiger partial charge in [0.15, 0.2) is 11.5 Å². The largest absolute Gasteiger partial charge is 0.490 e. The molecule has 2 N–H and O–H groups in total. The van der Waals surface area contributed by atoms with Gasteiger partial charge >= 0.3 is 0 Å². The molecule has 1 aliphatic rings. The van der Waals surface area contributed by atoms with Gasteiger partial charge in [-0.3, -0.25) is 4.79 Å². The van der Waals surface area contributed by atoms with Gasteiger partial charge in [0.1, 0.15) is 0 Å². The average Bonchev–Trinajstić information content (AvgIpc) is 2.72. The zero-order valence-electron chi connectivity index (χ0n) is 13.2. The Balaban J connectivity index is 2.10. The van der Waals surface area contributed by atoms with Gasteiger partial charge in [-0.2, -0.15) is 0 Å². The molecule has 0 unspecified atom stereocenters. The minimum atomic E-state index is -0.430. The van der Waals surface area contributed by atoms with Crippen LogP contribution in [-0.4, -0.2) is 23.7 Å². The van der Waals surface area contributed by atoms with Crippen molar-refractivity contribution in [2.45, 2.75) is 19.9 Å². The molecule has 2 aromatic rings. The van der Waals surface area contributed by atoms with Crippen LogP contribution in [0.5, 0.6) is 11.5 Å². The van der Waals surface area contributed by atoms with E-state index < -0.39 is 5.91 Å². The lowest BCUT2D eigenvalue weighted by molar-refractivity contribution is 0.0999. The van der Waals surface area contributed by atoms with E-state index >= 15 is 0 Å². The number of amides is 1. The molecule has 0 spiro atoms. The second-order valence-electron chi connectivity index (χ2n) is 5.50. The van der Waals surface area contributed by atoms with Gasteiger partial charge in [0.25, 0.3) is 5.91 Å². The van der Waals surface area contributed by atoms with Crippen molar-refractivity contribution >= 4 is 5.91 Å². The Hall–Kier alpha value is -2.69. The monoisotopic (exact) mass is 312 g/mol. The highest BCUT2D eigenvalue weighted by atomic mass is 16.5. The van der Waals surface area contributed by atoms with Gasteiger partial charge in [-0.15, -0.1) is 6.58 Å². The number of carbonyl (C=O) groups excluding carboxylic acids is 1. The zero-order chi connectivity index (χ0) is 16.4. The van der Waals surface area contributed by atoms with E-state index in [0.29, 0.717) is 25.3 Å². The lowest BCUT2D eigenvalue weighted by Crippen LogP contribution is -2.12. The predicted octanol–water partition coefficient (Wildman–Crippen LogP) is 2.91. The molecule has 0 saturated heterocycles. The highest BCUT2D eigenvalue weighted by Gasteiger charge is 2.18. The van der Waals surface area contributed by atoms with E-state index in [0.717, 1.165) is 34.9 Å². The number of aromatic nitrogens is 1. The summed E-state index contributed by atoms with van der Waals surface area (Å²) in [5.74, 6) is 1.05. The van der Waals surface area contributed by atoms with Crippen LogP contribution >= 0.6 is 0 Å². The first-order valence-corrected chi connectivity index (χ1v) is 7.62. The maximum atomic E-state index is 11.6. The van der Waals surface area contributed by atoms with Gasteiger partial charge in [0, 0.05) is 29.9 Å². The van der Waals surface area contributed by atoms with E-state index in [2.05, 4.69) is 6.58 Å². The summed E-state index contributed by atoms with van der Waals surface area (Å²) < 4.78 is 13.4. The third-order valence-corrected chi connectivity index (χ3v) is 3.99. The van der Waals surface area contributed by atoms with Crippen molar-refractivity contribution in [1.29, 1.82) is 0 Å². The fourth-order valence-electron chi connectivity index (χ4n) is 2.82. The summed E-state index contributed by atoms with van der Waals surface area (Å²) in [4.78, 5) is 11.6. The maximum Gasteiger partial charge on any atom is 0.250 e. The number of hydrogen-bond donors (Lipinski definition) is 1. The van der Waals surface area contributed by atoms with E-state index in [1.54, 1.807) is 6.08 Å². The van der Waals surface area contributed by atoms with Crippen LogP contribution < -0.4 is 15.2 Å². The smallest absolute Gasteiger partial charge is 0.250 e. The molecule has 0 aliphatic carbocycles. The van der Waals surface area contributed by atoms with Crippen LogP contribution in [0, 0.1) is 6.92 Å². The third-order valence-electron chi connectivity index (χ3n) is 3.99. The van der Waals surface area contributed by atoms with Crippen LogP contribution in [0.4, 0.5) is 0 Å². The topological polar surface area (TPSA) is 66.5 Å². The van der Waals surface area contributed by atoms with Gasteiger partial charge in [-0.1, -0.05) is 6.08 Å². The lowest BCUT2D eigenvalue weighted by atomic mass is 10.1. The zero-order valence-corrected chi connectivity index (χ0v) is 13.2.